The maximum absolute atomic E-state index is 12.4. The van der Waals surface area contributed by atoms with Crippen LogP contribution in [0.15, 0.2) is 89.8 Å². The second-order valence-electron chi connectivity index (χ2n) is 6.08. The molecule has 0 atom stereocenters. The van der Waals surface area contributed by atoms with Crippen LogP contribution in [0.25, 0.3) is 0 Å². The van der Waals surface area contributed by atoms with E-state index in [1.54, 1.807) is 42.5 Å². The monoisotopic (exact) mass is 425 g/mol. The highest BCUT2D eigenvalue weighted by atomic mass is 32.2. The summed E-state index contributed by atoms with van der Waals surface area (Å²) in [4.78, 5) is 12.2. The number of ketones is 1. The summed E-state index contributed by atoms with van der Waals surface area (Å²) in [5.41, 5.74) is 1.93. The van der Waals surface area contributed by atoms with E-state index in [4.69, 9.17) is 12.2 Å². The lowest BCUT2D eigenvalue weighted by Gasteiger charge is -2.11. The van der Waals surface area contributed by atoms with Gasteiger partial charge in [-0.2, -0.15) is 0 Å². The van der Waals surface area contributed by atoms with Crippen molar-refractivity contribution in [3.8, 4) is 0 Å². The fraction of sp³-hybridized carbons (Fsp3) is 0.0476. The normalized spacial score (nSPS) is 10.9. The van der Waals surface area contributed by atoms with Crippen LogP contribution in [-0.2, 0) is 10.0 Å². The first kappa shape index (κ1) is 20.7. The number of benzene rings is 3. The maximum atomic E-state index is 12.4. The first-order chi connectivity index (χ1) is 13.9. The Bertz CT molecular complexity index is 1090. The van der Waals surface area contributed by atoms with Gasteiger partial charge in [-0.05, 0) is 48.6 Å². The number of para-hydroxylation sites is 1. The molecule has 29 heavy (non-hydrogen) atoms. The van der Waals surface area contributed by atoms with Crippen LogP contribution < -0.4 is 15.4 Å². The number of anilines is 2. The van der Waals surface area contributed by atoms with Crippen molar-refractivity contribution in [1.29, 1.82) is 0 Å². The third kappa shape index (κ3) is 5.95. The average Bonchev–Trinajstić information content (AvgIpc) is 2.74. The third-order valence-electron chi connectivity index (χ3n) is 3.97. The summed E-state index contributed by atoms with van der Waals surface area (Å²) in [5, 5.41) is 6.41. The molecule has 0 amide bonds. The first-order valence-corrected chi connectivity index (χ1v) is 10.6. The summed E-state index contributed by atoms with van der Waals surface area (Å²) in [6.45, 7) is -0.308. The van der Waals surface area contributed by atoms with E-state index in [0.29, 0.717) is 16.4 Å². The van der Waals surface area contributed by atoms with E-state index >= 15 is 0 Å². The lowest BCUT2D eigenvalue weighted by molar-refractivity contribution is 0.0997. The highest BCUT2D eigenvalue weighted by Gasteiger charge is 2.16. The van der Waals surface area contributed by atoms with E-state index in [-0.39, 0.29) is 17.2 Å². The van der Waals surface area contributed by atoms with Crippen LogP contribution in [0.5, 0.6) is 0 Å². The molecule has 3 N–H and O–H groups in total. The highest BCUT2D eigenvalue weighted by Crippen LogP contribution is 2.15. The largest absolute Gasteiger partial charge is 0.332 e. The number of thiocarbonyl (C=S) groups is 1. The molecule has 0 aromatic heterocycles. The van der Waals surface area contributed by atoms with Crippen molar-refractivity contribution >= 4 is 44.5 Å². The minimum atomic E-state index is -3.80. The smallest absolute Gasteiger partial charge is 0.240 e. The lowest BCUT2D eigenvalue weighted by atomic mass is 10.1. The van der Waals surface area contributed by atoms with Crippen LogP contribution in [0.2, 0.25) is 0 Å². The number of hydrogen-bond acceptors (Lipinski definition) is 4. The van der Waals surface area contributed by atoms with Crippen LogP contribution >= 0.6 is 12.2 Å². The van der Waals surface area contributed by atoms with Crippen molar-refractivity contribution in [2.24, 2.45) is 0 Å². The van der Waals surface area contributed by atoms with Gasteiger partial charge in [0, 0.05) is 16.9 Å². The quantitative estimate of drug-likeness (QED) is 0.396. The van der Waals surface area contributed by atoms with Gasteiger partial charge in [0.1, 0.15) is 0 Å². The predicted octanol–water partition coefficient (Wildman–Crippen LogP) is 3.66. The molecule has 0 saturated heterocycles. The van der Waals surface area contributed by atoms with Crippen molar-refractivity contribution in [2.75, 3.05) is 17.2 Å². The molecule has 0 aliphatic carbocycles. The Hall–Kier alpha value is -3.07. The van der Waals surface area contributed by atoms with Gasteiger partial charge in [-0.1, -0.05) is 48.5 Å². The van der Waals surface area contributed by atoms with Gasteiger partial charge in [-0.25, -0.2) is 13.1 Å². The van der Waals surface area contributed by atoms with Crippen LogP contribution in [0.3, 0.4) is 0 Å². The van der Waals surface area contributed by atoms with E-state index < -0.39 is 10.0 Å². The minimum Gasteiger partial charge on any atom is -0.332 e. The van der Waals surface area contributed by atoms with Crippen molar-refractivity contribution < 1.29 is 13.2 Å². The van der Waals surface area contributed by atoms with Crippen molar-refractivity contribution in [3.05, 3.63) is 90.5 Å². The number of sulfonamides is 1. The summed E-state index contributed by atoms with van der Waals surface area (Å²) in [7, 11) is -3.80. The molecule has 0 spiro atoms. The molecular formula is C21H19N3O3S2. The summed E-state index contributed by atoms with van der Waals surface area (Å²) in [6, 6.07) is 24.1. The average molecular weight is 426 g/mol. The topological polar surface area (TPSA) is 87.3 Å². The summed E-state index contributed by atoms with van der Waals surface area (Å²) >= 11 is 5.25. The van der Waals surface area contributed by atoms with Crippen LogP contribution in [0, 0.1) is 0 Å². The molecular weight excluding hydrogens is 406 g/mol. The molecule has 0 aliphatic heterocycles. The van der Waals surface area contributed by atoms with Gasteiger partial charge in [0.2, 0.25) is 10.0 Å². The number of nitrogens with one attached hydrogen (secondary N) is 3. The number of carbonyl (C=O) groups is 1. The minimum absolute atomic E-state index is 0.0610. The second kappa shape index (κ2) is 9.42. The Morgan fingerprint density at radius 1 is 0.759 bits per heavy atom. The molecule has 3 rings (SSSR count). The van der Waals surface area contributed by atoms with E-state index in [2.05, 4.69) is 15.4 Å². The van der Waals surface area contributed by atoms with Gasteiger partial charge in [0.15, 0.2) is 10.9 Å². The van der Waals surface area contributed by atoms with Crippen molar-refractivity contribution in [2.45, 2.75) is 4.90 Å². The van der Waals surface area contributed by atoms with Crippen LogP contribution in [0.4, 0.5) is 11.4 Å². The Morgan fingerprint density at radius 3 is 1.86 bits per heavy atom. The Kier molecular flexibility index (Phi) is 6.71. The number of rotatable bonds is 7. The summed E-state index contributed by atoms with van der Waals surface area (Å²) < 4.78 is 27.2. The fourth-order valence-corrected chi connectivity index (χ4v) is 3.72. The molecule has 0 heterocycles. The van der Waals surface area contributed by atoms with Gasteiger partial charge in [-0.3, -0.25) is 4.79 Å². The molecule has 6 nitrogen and oxygen atoms in total. The van der Waals surface area contributed by atoms with E-state index in [1.807, 2.05) is 30.3 Å². The van der Waals surface area contributed by atoms with Gasteiger partial charge < -0.3 is 10.6 Å². The molecule has 0 unspecified atom stereocenters. The Morgan fingerprint density at radius 2 is 1.28 bits per heavy atom. The third-order valence-corrected chi connectivity index (χ3v) is 5.59. The highest BCUT2D eigenvalue weighted by molar-refractivity contribution is 7.89. The lowest BCUT2D eigenvalue weighted by Crippen LogP contribution is -2.29. The molecule has 0 radical (unpaired) electrons. The maximum Gasteiger partial charge on any atom is 0.240 e. The number of carbonyl (C=O) groups excluding carboxylic acids is 1. The first-order valence-electron chi connectivity index (χ1n) is 8.75. The Labute approximate surface area is 175 Å². The number of hydrogen-bond donors (Lipinski definition) is 3. The zero-order valence-electron chi connectivity index (χ0n) is 15.3. The SMILES string of the molecule is O=C(CNS(=O)(=O)c1ccc(NC(=S)Nc2ccccc2)cc1)c1ccccc1. The standard InChI is InChI=1S/C21H19N3O3S2/c25-20(16-7-3-1-4-8-16)15-22-29(26,27)19-13-11-18(12-14-19)24-21(28)23-17-9-5-2-6-10-17/h1-14,22H,15H2,(H2,23,24,28). The molecule has 0 bridgehead atoms. The van der Waals surface area contributed by atoms with Gasteiger partial charge >= 0.3 is 0 Å². The van der Waals surface area contributed by atoms with E-state index in [0.717, 1.165) is 5.69 Å². The van der Waals surface area contributed by atoms with Crippen molar-refractivity contribution in [3.63, 3.8) is 0 Å². The summed E-state index contributed by atoms with van der Waals surface area (Å²) in [6.07, 6.45) is 0. The molecule has 3 aromatic carbocycles. The Balaban J connectivity index is 1.58. The molecule has 0 saturated carbocycles. The molecule has 8 heteroatoms. The van der Waals surface area contributed by atoms with Crippen LogP contribution in [-0.4, -0.2) is 25.9 Å². The molecule has 3 aromatic rings. The van der Waals surface area contributed by atoms with E-state index in [9.17, 15) is 13.2 Å². The molecule has 0 fully saturated rings. The summed E-state index contributed by atoms with van der Waals surface area (Å²) in [5.74, 6) is -0.301. The molecule has 0 aliphatic rings. The van der Waals surface area contributed by atoms with Crippen LogP contribution in [0.1, 0.15) is 10.4 Å². The van der Waals surface area contributed by atoms with E-state index in [1.165, 1.54) is 12.1 Å². The zero-order valence-corrected chi connectivity index (χ0v) is 17.0. The molecule has 148 valence electrons. The van der Waals surface area contributed by atoms with Crippen molar-refractivity contribution in [1.82, 2.24) is 4.72 Å². The van der Waals surface area contributed by atoms with Gasteiger partial charge in [-0.15, -0.1) is 0 Å². The fourth-order valence-electron chi connectivity index (χ4n) is 2.50. The van der Waals surface area contributed by atoms with Gasteiger partial charge in [0.25, 0.3) is 0 Å². The zero-order chi connectivity index (χ0) is 20.7. The number of Topliss-reactive ketones (excluding diaryl/α,β-unsaturated/α-hetero) is 1. The predicted molar refractivity (Wildman–Crippen MR) is 119 cm³/mol. The van der Waals surface area contributed by atoms with Gasteiger partial charge in [0.05, 0.1) is 11.4 Å². The second-order valence-corrected chi connectivity index (χ2v) is 8.26.